The summed E-state index contributed by atoms with van der Waals surface area (Å²) in [6.07, 6.45) is -6.20. The number of rotatable bonds is 11. The lowest BCUT2D eigenvalue weighted by molar-refractivity contribution is -0.153. The van der Waals surface area contributed by atoms with Crippen LogP contribution in [-0.4, -0.2) is 65.9 Å². The van der Waals surface area contributed by atoms with Gasteiger partial charge in [-0.1, -0.05) is 0 Å². The van der Waals surface area contributed by atoms with E-state index in [1.165, 1.54) is 36.4 Å². The molecule has 68 heavy (non-hydrogen) atoms. The van der Waals surface area contributed by atoms with Crippen molar-refractivity contribution in [2.45, 2.75) is 99.6 Å². The Morgan fingerprint density at radius 3 is 1.29 bits per heavy atom. The van der Waals surface area contributed by atoms with E-state index < -0.39 is 106 Å². The van der Waals surface area contributed by atoms with Crippen molar-refractivity contribution in [2.75, 3.05) is 0 Å². The van der Waals surface area contributed by atoms with Gasteiger partial charge in [0.05, 0.1) is 5.39 Å². The molecule has 0 saturated heterocycles. The highest BCUT2D eigenvalue weighted by atomic mass is 16.6. The maximum Gasteiger partial charge on any atom is 0.308 e. The Kier molecular flexibility index (Phi) is 14.5. The van der Waals surface area contributed by atoms with Crippen LogP contribution in [0.25, 0.3) is 10.8 Å². The first-order chi connectivity index (χ1) is 32.0. The van der Waals surface area contributed by atoms with Crippen molar-refractivity contribution in [3.8, 4) is 51.7 Å². The molecule has 0 bridgehead atoms. The second-order valence-corrected chi connectivity index (χ2v) is 15.3. The smallest absolute Gasteiger partial charge is 0.308 e. The number of hydrogen-bond donors (Lipinski definition) is 0. The molecule has 2 heterocycles. The van der Waals surface area contributed by atoms with Gasteiger partial charge in [0.25, 0.3) is 0 Å². The van der Waals surface area contributed by atoms with E-state index in [2.05, 4.69) is 0 Å². The van der Waals surface area contributed by atoms with Gasteiger partial charge >= 0.3 is 53.7 Å². The zero-order chi connectivity index (χ0) is 49.9. The van der Waals surface area contributed by atoms with E-state index in [4.69, 9.17) is 52.1 Å². The van der Waals surface area contributed by atoms with Gasteiger partial charge in [-0.2, -0.15) is 0 Å². The lowest BCUT2D eigenvalue weighted by Gasteiger charge is -2.35. The van der Waals surface area contributed by atoms with Gasteiger partial charge in [-0.05, 0) is 23.6 Å². The second kappa shape index (κ2) is 20.0. The van der Waals surface area contributed by atoms with Gasteiger partial charge < -0.3 is 52.1 Å². The monoisotopic (exact) mass is 942 g/mol. The summed E-state index contributed by atoms with van der Waals surface area (Å²) < 4.78 is 62.7. The van der Waals surface area contributed by atoms with Gasteiger partial charge in [0, 0.05) is 122 Å². The zero-order valence-electron chi connectivity index (χ0n) is 37.8. The fraction of sp³-hybridized carbons (Fsp3) is 0.319. The van der Waals surface area contributed by atoms with E-state index in [0.29, 0.717) is 0 Å². The number of benzene rings is 3. The summed E-state index contributed by atoms with van der Waals surface area (Å²) >= 11 is 0. The predicted octanol–water partition coefficient (Wildman–Crippen LogP) is 4.89. The Hall–Kier alpha value is -8.36. The Morgan fingerprint density at radius 2 is 0.853 bits per heavy atom. The molecule has 4 aromatic rings. The van der Waals surface area contributed by atoms with Crippen molar-refractivity contribution in [1.29, 1.82) is 0 Å². The largest absolute Gasteiger partial charge is 0.481 e. The van der Waals surface area contributed by atoms with Crippen molar-refractivity contribution in [1.82, 2.24) is 0 Å². The van der Waals surface area contributed by atoms with Crippen LogP contribution in [0.2, 0.25) is 0 Å². The van der Waals surface area contributed by atoms with Crippen LogP contribution >= 0.6 is 0 Å². The van der Waals surface area contributed by atoms with Gasteiger partial charge in [0.15, 0.2) is 29.5 Å². The molecule has 4 aromatic carbocycles. The minimum atomic E-state index is -1.53. The quantitative estimate of drug-likeness (QED) is 0.143. The fourth-order valence-electron chi connectivity index (χ4n) is 7.68. The third-order valence-electron chi connectivity index (χ3n) is 9.71. The fourth-order valence-corrected chi connectivity index (χ4v) is 7.68. The highest BCUT2D eigenvalue weighted by Crippen LogP contribution is 2.49. The molecule has 356 valence electrons. The first-order valence-electron chi connectivity index (χ1n) is 20.5. The third-order valence-corrected chi connectivity index (χ3v) is 9.71. The molecule has 2 aliphatic heterocycles. The lowest BCUT2D eigenvalue weighted by Crippen LogP contribution is -2.35. The minimum absolute atomic E-state index is 0.0483. The van der Waals surface area contributed by atoms with Crippen LogP contribution in [0.5, 0.6) is 51.7 Å². The molecule has 0 fully saturated rings. The van der Waals surface area contributed by atoms with Gasteiger partial charge in [-0.25, -0.2) is 0 Å². The molecule has 0 saturated carbocycles. The van der Waals surface area contributed by atoms with Gasteiger partial charge in [-0.15, -0.1) is 0 Å². The summed E-state index contributed by atoms with van der Waals surface area (Å²) in [6, 6.07) is 8.65. The summed E-state index contributed by atoms with van der Waals surface area (Å²) in [5.74, 6) is -10.1. The van der Waals surface area contributed by atoms with Crippen LogP contribution in [-0.2, 0) is 65.5 Å². The Bertz CT molecular complexity index is 2900. The number of fused-ring (bicyclic) bond motifs is 3. The maximum absolute atomic E-state index is 15.0. The minimum Gasteiger partial charge on any atom is -0.481 e. The molecule has 0 amide bonds. The molecule has 21 heteroatoms. The first-order valence-corrected chi connectivity index (χ1v) is 20.5. The zero-order valence-corrected chi connectivity index (χ0v) is 37.8. The van der Waals surface area contributed by atoms with Gasteiger partial charge in [0.1, 0.15) is 46.7 Å². The van der Waals surface area contributed by atoms with Crippen LogP contribution < -0.4 is 48.1 Å². The van der Waals surface area contributed by atoms with Crippen molar-refractivity contribution in [3.05, 3.63) is 74.9 Å². The highest BCUT2D eigenvalue weighted by molar-refractivity contribution is 5.97. The molecule has 0 aromatic heterocycles. The number of esters is 9. The number of carbonyl (C=O) groups is 9. The molecular weight excluding hydrogens is 900 g/mol. The summed E-state index contributed by atoms with van der Waals surface area (Å²) in [5, 5.41) is -0.765. The van der Waals surface area contributed by atoms with Crippen molar-refractivity contribution < 1.29 is 95.3 Å². The van der Waals surface area contributed by atoms with Crippen LogP contribution in [0.3, 0.4) is 0 Å². The number of carbonyl (C=O) groups excluding carboxylic acids is 9. The van der Waals surface area contributed by atoms with Gasteiger partial charge in [0.2, 0.25) is 5.43 Å². The molecule has 4 atom stereocenters. The van der Waals surface area contributed by atoms with E-state index in [1.807, 2.05) is 0 Å². The third kappa shape index (κ3) is 11.4. The van der Waals surface area contributed by atoms with Crippen LogP contribution in [0.1, 0.15) is 96.8 Å². The van der Waals surface area contributed by atoms with Crippen molar-refractivity contribution in [2.24, 2.45) is 0 Å². The topological polar surface area (TPSA) is 272 Å². The standard InChI is InChI=1S/C47H42O21/c1-19(48)58-29-12-35(60-21(3)50)33-17-40(63-24(6)53)45(67-37(33)14-29)28-10-31-32(16-42(65-26(8)55)47(66-27(9)56)43(31)44(57)39(11-28)62-23(5)52)46-41(64-25(7)54)18-34-36(61-22(4)51)13-30(59-20(2)49)15-38(34)68-46/h10-16,40-41,45-46H,17-18H2,1-9H3/t40-,41?,45-,46-/m1/s1. The SMILES string of the molecule is CC(=O)Oc1cc(OC(C)=O)c2c(c1)O[C@H](c1cc(OC(C)=O)c(OC(C)=O)c3c(=O)c(OC(C)=O)cc([C@H]4Oc5cc(OC(C)=O)cc(OC(C)=O)c5C[C@H]4OC(C)=O)cc13)C(OC(C)=O)C2. The average molecular weight is 943 g/mol. The average Bonchev–Trinajstić information content (AvgIpc) is 3.32. The number of hydrogen-bond acceptors (Lipinski definition) is 21. The molecule has 2 aliphatic rings. The van der Waals surface area contributed by atoms with E-state index >= 15 is 4.79 Å². The molecule has 0 aliphatic carbocycles. The van der Waals surface area contributed by atoms with E-state index in [0.717, 1.165) is 68.4 Å². The summed E-state index contributed by atoms with van der Waals surface area (Å²) in [5.41, 5.74) is -0.975. The molecule has 1 unspecified atom stereocenters. The molecule has 0 N–H and O–H groups in total. The lowest BCUT2D eigenvalue weighted by atomic mass is 9.89. The van der Waals surface area contributed by atoms with Crippen molar-refractivity contribution in [3.63, 3.8) is 0 Å². The van der Waals surface area contributed by atoms with Crippen molar-refractivity contribution >= 4 is 64.5 Å². The van der Waals surface area contributed by atoms with E-state index in [9.17, 15) is 43.2 Å². The van der Waals surface area contributed by atoms with Gasteiger partial charge in [-0.3, -0.25) is 47.9 Å². The maximum atomic E-state index is 15.0. The Labute approximate surface area is 385 Å². The van der Waals surface area contributed by atoms with Crippen LogP contribution in [0.4, 0.5) is 0 Å². The summed E-state index contributed by atoms with van der Waals surface area (Å²) in [6.45, 7) is 9.71. The second-order valence-electron chi connectivity index (χ2n) is 15.3. The highest BCUT2D eigenvalue weighted by Gasteiger charge is 2.41. The van der Waals surface area contributed by atoms with E-state index in [1.54, 1.807) is 0 Å². The predicted molar refractivity (Wildman–Crippen MR) is 228 cm³/mol. The normalized spacial score (nSPS) is 16.7. The Balaban J connectivity index is 1.75. The Morgan fingerprint density at radius 1 is 0.441 bits per heavy atom. The molecule has 6 rings (SSSR count). The van der Waals surface area contributed by atoms with Crippen LogP contribution in [0.15, 0.2) is 47.3 Å². The first kappa shape index (κ1) is 49.1. The van der Waals surface area contributed by atoms with Crippen LogP contribution in [0, 0.1) is 0 Å². The van der Waals surface area contributed by atoms with E-state index in [-0.39, 0.29) is 75.0 Å². The molecule has 0 spiro atoms. The number of ether oxygens (including phenoxy) is 11. The molecular formula is C47H42O21. The molecule has 21 nitrogen and oxygen atoms in total. The summed E-state index contributed by atoms with van der Waals surface area (Å²) in [7, 11) is 0. The summed E-state index contributed by atoms with van der Waals surface area (Å²) in [4.78, 5) is 128. The molecule has 0 radical (unpaired) electrons.